The first-order valence-electron chi connectivity index (χ1n) is 12.5. The average molecular weight is 559 g/mol. The van der Waals surface area contributed by atoms with Crippen LogP contribution in [-0.4, -0.2) is 26.5 Å². The Morgan fingerprint density at radius 2 is 1.92 bits per heavy atom. The van der Waals surface area contributed by atoms with Gasteiger partial charge in [-0.1, -0.05) is 60.4 Å². The van der Waals surface area contributed by atoms with Crippen LogP contribution in [0.25, 0.3) is 6.08 Å². The van der Waals surface area contributed by atoms with Crippen molar-refractivity contribution in [3.63, 3.8) is 0 Å². The first-order valence-corrected chi connectivity index (χ1v) is 13.7. The van der Waals surface area contributed by atoms with E-state index in [-0.39, 0.29) is 29.9 Å². The summed E-state index contributed by atoms with van der Waals surface area (Å²) in [5.41, 5.74) is 2.66. The Labute approximate surface area is 235 Å². The van der Waals surface area contributed by atoms with Crippen molar-refractivity contribution in [2.45, 2.75) is 39.9 Å². The summed E-state index contributed by atoms with van der Waals surface area (Å²) in [7, 11) is 0. The lowest BCUT2D eigenvalue weighted by Gasteiger charge is -2.23. The first kappa shape index (κ1) is 26.5. The van der Waals surface area contributed by atoms with Gasteiger partial charge in [-0.2, -0.15) is 5.26 Å². The molecule has 8 nitrogen and oxygen atoms in total. The number of thioether (sulfide) groups is 1. The highest BCUT2D eigenvalue weighted by Crippen LogP contribution is 2.39. The molecule has 1 unspecified atom stereocenters. The summed E-state index contributed by atoms with van der Waals surface area (Å²) in [6.45, 7) is 6.41. The maximum atomic E-state index is 13.6. The maximum absolute atomic E-state index is 13.6. The summed E-state index contributed by atoms with van der Waals surface area (Å²) in [5, 5.41) is 13.2. The van der Waals surface area contributed by atoms with E-state index in [1.54, 1.807) is 17.9 Å². The number of pyridine rings is 1. The Bertz CT molecular complexity index is 1610. The molecular weight excluding hydrogens is 532 g/mol. The Morgan fingerprint density at radius 3 is 2.64 bits per heavy atom. The van der Waals surface area contributed by atoms with E-state index in [0.717, 1.165) is 11.1 Å². The Hall–Kier alpha value is -4.07. The second kappa shape index (κ2) is 11.0. The highest BCUT2D eigenvalue weighted by Gasteiger charge is 2.36. The van der Waals surface area contributed by atoms with Gasteiger partial charge in [-0.05, 0) is 55.7 Å². The molecule has 0 spiro atoms. The molecule has 1 atom stereocenters. The number of nitrogens with zero attached hydrogens (tertiary/aromatic N) is 3. The number of aromatic nitrogens is 1. The Balaban J connectivity index is 1.54. The van der Waals surface area contributed by atoms with Gasteiger partial charge in [0.05, 0.1) is 10.9 Å². The van der Waals surface area contributed by atoms with Crippen molar-refractivity contribution in [3.05, 3.63) is 91.6 Å². The number of hydrogen-bond acceptors (Lipinski definition) is 8. The number of thiocarbonyl (C=S) groups is 1. The molecule has 3 heterocycles. The third-order valence-electron chi connectivity index (χ3n) is 6.86. The van der Waals surface area contributed by atoms with Gasteiger partial charge in [0, 0.05) is 18.7 Å². The fourth-order valence-electron chi connectivity index (χ4n) is 4.72. The molecule has 198 valence electrons. The van der Waals surface area contributed by atoms with Gasteiger partial charge in [-0.15, -0.1) is 0 Å². The molecular formula is C29H26N4O4S2. The van der Waals surface area contributed by atoms with Gasteiger partial charge in [0.15, 0.2) is 11.5 Å². The number of nitriles is 1. The van der Waals surface area contributed by atoms with Crippen LogP contribution in [-0.2, 0) is 17.9 Å². The van der Waals surface area contributed by atoms with Crippen LogP contribution in [0.3, 0.4) is 0 Å². The Kier molecular flexibility index (Phi) is 7.46. The third-order valence-corrected chi connectivity index (χ3v) is 8.19. The fourth-order valence-corrected chi connectivity index (χ4v) is 6.12. The SMILES string of the molecule is CCn1c(NCc2ccc3c(c2)OCO3)c(/C=C2/SC(=S)N(C(C)c3ccccc3)C2=O)c(C)c(C#N)c1=O. The van der Waals surface area contributed by atoms with E-state index in [9.17, 15) is 14.9 Å². The topological polar surface area (TPSA) is 96.6 Å². The molecule has 0 bridgehead atoms. The molecule has 1 fully saturated rings. The van der Waals surface area contributed by atoms with Crippen molar-refractivity contribution in [2.24, 2.45) is 0 Å². The van der Waals surface area contributed by atoms with E-state index in [1.807, 2.05) is 62.4 Å². The minimum Gasteiger partial charge on any atom is -0.454 e. The zero-order valence-corrected chi connectivity index (χ0v) is 23.3. The summed E-state index contributed by atoms with van der Waals surface area (Å²) < 4.78 is 12.9. The maximum Gasteiger partial charge on any atom is 0.270 e. The smallest absolute Gasteiger partial charge is 0.270 e. The number of amides is 1. The molecule has 2 aromatic carbocycles. The van der Waals surface area contributed by atoms with Crippen LogP contribution in [0.15, 0.2) is 58.2 Å². The summed E-state index contributed by atoms with van der Waals surface area (Å²) in [6.07, 6.45) is 1.74. The van der Waals surface area contributed by atoms with E-state index in [1.165, 1.54) is 16.3 Å². The molecule has 0 aliphatic carbocycles. The van der Waals surface area contributed by atoms with E-state index in [4.69, 9.17) is 21.7 Å². The summed E-state index contributed by atoms with van der Waals surface area (Å²) in [4.78, 5) is 28.8. The molecule has 3 aromatic rings. The fraction of sp³-hybridized carbons (Fsp3) is 0.241. The molecule has 1 N–H and O–H groups in total. The van der Waals surface area contributed by atoms with Crippen molar-refractivity contribution in [1.82, 2.24) is 9.47 Å². The number of nitrogens with one attached hydrogen (secondary N) is 1. The number of carbonyl (C=O) groups excluding carboxylic acids is 1. The normalized spacial score (nSPS) is 16.1. The molecule has 2 aliphatic rings. The molecule has 5 rings (SSSR count). The van der Waals surface area contributed by atoms with Crippen molar-refractivity contribution in [2.75, 3.05) is 12.1 Å². The molecule has 2 aliphatic heterocycles. The second-order valence-corrected chi connectivity index (χ2v) is 10.8. The average Bonchev–Trinajstić information content (AvgIpc) is 3.52. The van der Waals surface area contributed by atoms with E-state index >= 15 is 0 Å². The molecule has 0 radical (unpaired) electrons. The third kappa shape index (κ3) is 4.91. The second-order valence-electron chi connectivity index (χ2n) is 9.10. The van der Waals surface area contributed by atoms with E-state index in [2.05, 4.69) is 11.4 Å². The molecule has 1 saturated heterocycles. The molecule has 1 amide bonds. The van der Waals surface area contributed by atoms with Gasteiger partial charge in [0.1, 0.15) is 21.8 Å². The van der Waals surface area contributed by atoms with Crippen molar-refractivity contribution >= 4 is 46.1 Å². The van der Waals surface area contributed by atoms with Crippen molar-refractivity contribution in [3.8, 4) is 17.6 Å². The molecule has 0 saturated carbocycles. The van der Waals surface area contributed by atoms with Crippen molar-refractivity contribution in [1.29, 1.82) is 5.26 Å². The lowest BCUT2D eigenvalue weighted by Crippen LogP contribution is -2.31. The minimum absolute atomic E-state index is 0.0462. The first-order chi connectivity index (χ1) is 18.8. The quantitative estimate of drug-likeness (QED) is 0.306. The van der Waals surface area contributed by atoms with Crippen LogP contribution in [0.4, 0.5) is 5.82 Å². The largest absolute Gasteiger partial charge is 0.454 e. The summed E-state index contributed by atoms with van der Waals surface area (Å²) in [5.74, 6) is 1.66. The lowest BCUT2D eigenvalue weighted by molar-refractivity contribution is -0.123. The predicted molar refractivity (Wildman–Crippen MR) is 156 cm³/mol. The van der Waals surface area contributed by atoms with Gasteiger partial charge in [0.25, 0.3) is 11.5 Å². The van der Waals surface area contributed by atoms with Crippen LogP contribution < -0.4 is 20.3 Å². The van der Waals surface area contributed by atoms with Crippen LogP contribution >= 0.6 is 24.0 Å². The number of benzene rings is 2. The van der Waals surface area contributed by atoms with Gasteiger partial charge in [-0.3, -0.25) is 19.1 Å². The van der Waals surface area contributed by atoms with Crippen molar-refractivity contribution < 1.29 is 14.3 Å². The van der Waals surface area contributed by atoms with E-state index < -0.39 is 0 Å². The highest BCUT2D eigenvalue weighted by atomic mass is 32.2. The van der Waals surface area contributed by atoms with Gasteiger partial charge in [0.2, 0.25) is 6.79 Å². The number of carbonyl (C=O) groups is 1. The zero-order valence-electron chi connectivity index (χ0n) is 21.7. The number of hydrogen-bond donors (Lipinski definition) is 1. The van der Waals surface area contributed by atoms with Gasteiger partial charge < -0.3 is 14.8 Å². The highest BCUT2D eigenvalue weighted by molar-refractivity contribution is 8.26. The molecule has 39 heavy (non-hydrogen) atoms. The summed E-state index contributed by atoms with van der Waals surface area (Å²) in [6, 6.07) is 17.2. The van der Waals surface area contributed by atoms with Crippen LogP contribution in [0.5, 0.6) is 11.5 Å². The predicted octanol–water partition coefficient (Wildman–Crippen LogP) is 5.35. The zero-order chi connectivity index (χ0) is 27.7. The Morgan fingerprint density at radius 1 is 1.18 bits per heavy atom. The van der Waals surface area contributed by atoms with Crippen LogP contribution in [0, 0.1) is 18.3 Å². The minimum atomic E-state index is -0.381. The number of ether oxygens (including phenoxy) is 2. The van der Waals surface area contributed by atoms with Gasteiger partial charge in [-0.25, -0.2) is 0 Å². The molecule has 1 aromatic heterocycles. The standard InChI is InChI=1S/C29H26N4O4S2/c1-4-32-26(31-15-19-10-11-23-24(12-19)37-16-36-23)21(17(2)22(14-30)27(32)34)13-25-28(35)33(29(38)39-25)18(3)20-8-6-5-7-9-20/h5-13,18,31H,4,15-16H2,1-3H3/b25-13+. The lowest BCUT2D eigenvalue weighted by atomic mass is 10.0. The van der Waals surface area contributed by atoms with Crippen LogP contribution in [0.2, 0.25) is 0 Å². The number of fused-ring (bicyclic) bond motifs is 1. The van der Waals surface area contributed by atoms with E-state index in [0.29, 0.717) is 50.8 Å². The monoisotopic (exact) mass is 558 g/mol. The van der Waals surface area contributed by atoms with Gasteiger partial charge >= 0.3 is 0 Å². The summed E-state index contributed by atoms with van der Waals surface area (Å²) >= 11 is 6.82. The number of anilines is 1. The number of rotatable bonds is 7. The molecule has 10 heteroatoms. The van der Waals surface area contributed by atoms with Crippen LogP contribution in [0.1, 0.15) is 47.7 Å².